The summed E-state index contributed by atoms with van der Waals surface area (Å²) in [5.74, 6) is -2.03. The van der Waals surface area contributed by atoms with Gasteiger partial charge in [-0.1, -0.05) is 0 Å². The highest BCUT2D eigenvalue weighted by Gasteiger charge is 2.03. The van der Waals surface area contributed by atoms with Crippen LogP contribution in [0, 0.1) is 5.82 Å². The lowest BCUT2D eigenvalue weighted by Gasteiger charge is -1.94. The molecule has 0 aromatic carbocycles. The van der Waals surface area contributed by atoms with Crippen molar-refractivity contribution in [2.24, 2.45) is 0 Å². The Morgan fingerprint density at radius 1 is 1.67 bits per heavy atom. The smallest absolute Gasteiger partial charge is 0.307 e. The number of nitrogens with one attached hydrogen (secondary N) is 1. The fraction of sp³-hybridized carbons (Fsp3) is 0.143. The highest BCUT2D eigenvalue weighted by Crippen LogP contribution is 1.97. The van der Waals surface area contributed by atoms with Gasteiger partial charge in [0.15, 0.2) is 5.82 Å². The molecule has 0 saturated heterocycles. The van der Waals surface area contributed by atoms with Crippen molar-refractivity contribution in [1.29, 1.82) is 0 Å². The Balaban J connectivity index is 2.97. The van der Waals surface area contributed by atoms with Crippen LogP contribution in [0.3, 0.4) is 0 Å². The molecule has 2 N–H and O–H groups in total. The van der Waals surface area contributed by atoms with E-state index in [2.05, 4.69) is 4.98 Å². The molecule has 12 heavy (non-hydrogen) atoms. The van der Waals surface area contributed by atoms with E-state index in [4.69, 9.17) is 5.11 Å². The van der Waals surface area contributed by atoms with E-state index in [-0.39, 0.29) is 12.0 Å². The summed E-state index contributed by atoms with van der Waals surface area (Å²) in [5.41, 5.74) is -0.608. The molecular formula is C7H6FNO3. The van der Waals surface area contributed by atoms with Crippen molar-refractivity contribution in [3.05, 3.63) is 34.0 Å². The molecule has 0 amide bonds. The summed E-state index contributed by atoms with van der Waals surface area (Å²) < 4.78 is 12.5. The molecule has 0 aliphatic heterocycles. The molecule has 0 atom stereocenters. The summed E-state index contributed by atoms with van der Waals surface area (Å²) in [7, 11) is 0. The molecule has 0 aliphatic carbocycles. The van der Waals surface area contributed by atoms with Gasteiger partial charge in [-0.3, -0.25) is 9.59 Å². The Bertz CT molecular complexity index is 358. The minimum Gasteiger partial charge on any atom is -0.481 e. The Labute approximate surface area is 66.7 Å². The highest BCUT2D eigenvalue weighted by atomic mass is 19.1. The number of aromatic amines is 1. The predicted octanol–water partition coefficient (Wildman–Crippen LogP) is 0.141. The minimum atomic E-state index is -1.07. The molecule has 0 saturated carbocycles. The molecule has 5 heteroatoms. The lowest BCUT2D eigenvalue weighted by molar-refractivity contribution is -0.136. The van der Waals surface area contributed by atoms with Crippen LogP contribution in [0.4, 0.5) is 4.39 Å². The Kier molecular flexibility index (Phi) is 2.23. The van der Waals surface area contributed by atoms with Gasteiger partial charge in [-0.05, 0) is 11.6 Å². The van der Waals surface area contributed by atoms with Crippen LogP contribution in [0.2, 0.25) is 0 Å². The largest absolute Gasteiger partial charge is 0.481 e. The molecule has 1 aromatic heterocycles. The van der Waals surface area contributed by atoms with Crippen LogP contribution in [0.5, 0.6) is 0 Å². The standard InChI is InChI=1S/C7H6FNO3/c8-5-1-4(2-6(10)11)3-9-7(5)12/h1,3H,2H2,(H,9,12)(H,10,11). The summed E-state index contributed by atoms with van der Waals surface area (Å²) in [6, 6.07) is 0.910. The van der Waals surface area contributed by atoms with Crippen LogP contribution < -0.4 is 5.56 Å². The van der Waals surface area contributed by atoms with E-state index in [0.717, 1.165) is 6.07 Å². The molecule has 1 heterocycles. The average molecular weight is 171 g/mol. The first-order valence-corrected chi connectivity index (χ1v) is 3.18. The first-order chi connectivity index (χ1) is 5.59. The van der Waals surface area contributed by atoms with Crippen LogP contribution in [-0.4, -0.2) is 16.1 Å². The molecule has 1 rings (SSSR count). The van der Waals surface area contributed by atoms with E-state index < -0.39 is 17.3 Å². The lowest BCUT2D eigenvalue weighted by Crippen LogP contribution is -2.11. The van der Waals surface area contributed by atoms with Gasteiger partial charge in [-0.15, -0.1) is 0 Å². The molecule has 0 spiro atoms. The van der Waals surface area contributed by atoms with Gasteiger partial charge in [-0.25, -0.2) is 4.39 Å². The summed E-state index contributed by atoms with van der Waals surface area (Å²) in [6.07, 6.45) is 0.882. The lowest BCUT2D eigenvalue weighted by atomic mass is 10.2. The zero-order valence-corrected chi connectivity index (χ0v) is 6.00. The normalized spacial score (nSPS) is 9.75. The van der Waals surface area contributed by atoms with Gasteiger partial charge in [0, 0.05) is 6.20 Å². The van der Waals surface area contributed by atoms with Crippen LogP contribution in [0.1, 0.15) is 5.56 Å². The molecule has 0 radical (unpaired) electrons. The second-order valence-electron chi connectivity index (χ2n) is 2.26. The van der Waals surface area contributed by atoms with Crippen molar-refractivity contribution in [2.45, 2.75) is 6.42 Å². The van der Waals surface area contributed by atoms with E-state index in [1.165, 1.54) is 6.20 Å². The number of hydrogen-bond acceptors (Lipinski definition) is 2. The van der Waals surface area contributed by atoms with Crippen molar-refractivity contribution >= 4 is 5.97 Å². The van der Waals surface area contributed by atoms with Gasteiger partial charge in [0.1, 0.15) is 0 Å². The molecule has 0 fully saturated rings. The maximum absolute atomic E-state index is 12.5. The number of pyridine rings is 1. The summed E-state index contributed by atoms with van der Waals surface area (Å²) >= 11 is 0. The molecular weight excluding hydrogens is 165 g/mol. The van der Waals surface area contributed by atoms with Gasteiger partial charge in [0.25, 0.3) is 5.56 Å². The third-order valence-electron chi connectivity index (χ3n) is 1.27. The number of aliphatic carboxylic acids is 1. The fourth-order valence-electron chi connectivity index (χ4n) is 0.774. The molecule has 0 aliphatic rings. The molecule has 4 nitrogen and oxygen atoms in total. The van der Waals surface area contributed by atoms with E-state index >= 15 is 0 Å². The van der Waals surface area contributed by atoms with Crippen LogP contribution in [0.15, 0.2) is 17.1 Å². The highest BCUT2D eigenvalue weighted by molar-refractivity contribution is 5.69. The van der Waals surface area contributed by atoms with Crippen molar-refractivity contribution in [2.75, 3.05) is 0 Å². The van der Waals surface area contributed by atoms with Gasteiger partial charge in [-0.2, -0.15) is 0 Å². The number of carboxylic acids is 1. The zero-order valence-electron chi connectivity index (χ0n) is 6.00. The third kappa shape index (κ3) is 1.91. The van der Waals surface area contributed by atoms with Crippen molar-refractivity contribution in [3.63, 3.8) is 0 Å². The molecule has 1 aromatic rings. The van der Waals surface area contributed by atoms with Crippen molar-refractivity contribution < 1.29 is 14.3 Å². The third-order valence-corrected chi connectivity index (χ3v) is 1.27. The van der Waals surface area contributed by atoms with Gasteiger partial charge in [0.05, 0.1) is 6.42 Å². The molecule has 64 valence electrons. The fourth-order valence-corrected chi connectivity index (χ4v) is 0.774. The Morgan fingerprint density at radius 3 is 2.83 bits per heavy atom. The number of carboxylic acid groups (broad SMARTS) is 1. The first-order valence-electron chi connectivity index (χ1n) is 3.18. The van der Waals surface area contributed by atoms with Gasteiger partial charge >= 0.3 is 5.97 Å². The number of halogens is 1. The van der Waals surface area contributed by atoms with E-state index in [1.807, 2.05) is 0 Å². The SMILES string of the molecule is O=C(O)Cc1c[nH]c(=O)c(F)c1. The van der Waals surface area contributed by atoms with E-state index in [9.17, 15) is 14.0 Å². The first kappa shape index (κ1) is 8.45. The topological polar surface area (TPSA) is 70.2 Å². The van der Waals surface area contributed by atoms with E-state index in [0.29, 0.717) is 0 Å². The monoisotopic (exact) mass is 171 g/mol. The Hall–Kier alpha value is -1.65. The molecule has 0 bridgehead atoms. The van der Waals surface area contributed by atoms with Crippen molar-refractivity contribution in [1.82, 2.24) is 4.98 Å². The minimum absolute atomic E-state index is 0.236. The van der Waals surface area contributed by atoms with E-state index in [1.54, 1.807) is 0 Å². The van der Waals surface area contributed by atoms with Crippen LogP contribution >= 0.6 is 0 Å². The number of hydrogen-bond donors (Lipinski definition) is 2. The number of aromatic nitrogens is 1. The average Bonchev–Trinajstić information content (AvgIpc) is 1.96. The Morgan fingerprint density at radius 2 is 2.33 bits per heavy atom. The number of carbonyl (C=O) groups is 1. The summed E-state index contributed by atoms with van der Waals surface area (Å²) in [4.78, 5) is 22.7. The number of rotatable bonds is 2. The summed E-state index contributed by atoms with van der Waals surface area (Å²) in [6.45, 7) is 0. The second kappa shape index (κ2) is 3.17. The maximum atomic E-state index is 12.5. The summed E-state index contributed by atoms with van der Waals surface area (Å²) in [5, 5.41) is 8.31. The number of H-pyrrole nitrogens is 1. The van der Waals surface area contributed by atoms with Gasteiger partial charge in [0.2, 0.25) is 0 Å². The zero-order chi connectivity index (χ0) is 9.14. The van der Waals surface area contributed by atoms with Crippen LogP contribution in [-0.2, 0) is 11.2 Å². The maximum Gasteiger partial charge on any atom is 0.307 e. The molecule has 0 unspecified atom stereocenters. The van der Waals surface area contributed by atoms with Crippen molar-refractivity contribution in [3.8, 4) is 0 Å². The predicted molar refractivity (Wildman–Crippen MR) is 38.4 cm³/mol. The van der Waals surface area contributed by atoms with Crippen LogP contribution in [0.25, 0.3) is 0 Å². The second-order valence-corrected chi connectivity index (χ2v) is 2.26. The van der Waals surface area contributed by atoms with Gasteiger partial charge < -0.3 is 10.1 Å². The quantitative estimate of drug-likeness (QED) is 0.664.